The van der Waals surface area contributed by atoms with Gasteiger partial charge in [0.25, 0.3) is 0 Å². The molecule has 0 aromatic heterocycles. The first-order chi connectivity index (χ1) is 7.14. The molecule has 1 amide bonds. The van der Waals surface area contributed by atoms with Crippen molar-refractivity contribution in [3.63, 3.8) is 0 Å². The lowest BCUT2D eigenvalue weighted by Crippen LogP contribution is -2.46. The van der Waals surface area contributed by atoms with Crippen LogP contribution in [0.4, 0.5) is 0 Å². The second-order valence-corrected chi connectivity index (χ2v) is 3.40. The normalized spacial score (nSPS) is 10.8. The van der Waals surface area contributed by atoms with E-state index in [0.717, 1.165) is 0 Å². The van der Waals surface area contributed by atoms with Gasteiger partial charge < -0.3 is 10.1 Å². The van der Waals surface area contributed by atoms with Crippen molar-refractivity contribution in [2.24, 2.45) is 0 Å². The van der Waals surface area contributed by atoms with Crippen LogP contribution in [0, 0.1) is 11.3 Å². The van der Waals surface area contributed by atoms with Gasteiger partial charge in [-0.25, -0.2) is 0 Å². The highest BCUT2D eigenvalue weighted by molar-refractivity contribution is 5.77. The number of rotatable bonds is 7. The second-order valence-electron chi connectivity index (χ2n) is 3.40. The molecule has 0 aliphatic carbocycles. The van der Waals surface area contributed by atoms with Crippen molar-refractivity contribution < 1.29 is 9.53 Å². The van der Waals surface area contributed by atoms with Crippen molar-refractivity contribution in [3.05, 3.63) is 0 Å². The summed E-state index contributed by atoms with van der Waals surface area (Å²) in [4.78, 5) is 11.5. The first-order valence-electron chi connectivity index (χ1n) is 5.44. The molecule has 0 saturated heterocycles. The molecule has 0 fully saturated rings. The topological polar surface area (TPSA) is 62.1 Å². The summed E-state index contributed by atoms with van der Waals surface area (Å²) in [5.41, 5.74) is -0.705. The molecule has 1 N–H and O–H groups in total. The molecule has 0 aromatic carbocycles. The molecule has 4 heteroatoms. The molecule has 0 atom stereocenters. The zero-order valence-corrected chi connectivity index (χ0v) is 9.80. The number of amides is 1. The Labute approximate surface area is 91.6 Å². The van der Waals surface area contributed by atoms with Crippen molar-refractivity contribution in [3.8, 4) is 6.07 Å². The lowest BCUT2D eigenvalue weighted by Gasteiger charge is -2.24. The van der Waals surface area contributed by atoms with Gasteiger partial charge in [-0.3, -0.25) is 4.79 Å². The molecule has 0 bridgehead atoms. The predicted octanol–water partition coefficient (Wildman–Crippen LogP) is 1.61. The van der Waals surface area contributed by atoms with Crippen LogP contribution in [0.3, 0.4) is 0 Å². The molecule has 0 unspecified atom stereocenters. The summed E-state index contributed by atoms with van der Waals surface area (Å²) in [5, 5.41) is 11.8. The molecular formula is C11H20N2O2. The fraction of sp³-hybridized carbons (Fsp3) is 0.818. The standard InChI is InChI=1S/C11H20N2O2/c1-4-11(5-2,9-12)13-10(14)7-8-15-6-3/h4-8H2,1-3H3,(H,13,14). The number of nitrogens with zero attached hydrogens (tertiary/aromatic N) is 1. The van der Waals surface area contributed by atoms with E-state index in [0.29, 0.717) is 32.5 Å². The first-order valence-corrected chi connectivity index (χ1v) is 5.44. The molecular weight excluding hydrogens is 192 g/mol. The van der Waals surface area contributed by atoms with Gasteiger partial charge >= 0.3 is 0 Å². The average Bonchev–Trinajstić information content (AvgIpc) is 2.26. The van der Waals surface area contributed by atoms with Gasteiger partial charge in [0.1, 0.15) is 5.54 Å². The van der Waals surface area contributed by atoms with Crippen molar-refractivity contribution in [2.75, 3.05) is 13.2 Å². The largest absolute Gasteiger partial charge is 0.381 e. The Morgan fingerprint density at radius 2 is 2.00 bits per heavy atom. The van der Waals surface area contributed by atoms with Crippen molar-refractivity contribution in [1.29, 1.82) is 5.26 Å². The molecule has 0 aliphatic rings. The third-order valence-corrected chi connectivity index (χ3v) is 2.48. The van der Waals surface area contributed by atoms with Crippen LogP contribution in [0.5, 0.6) is 0 Å². The fourth-order valence-corrected chi connectivity index (χ4v) is 1.25. The molecule has 0 saturated carbocycles. The summed E-state index contributed by atoms with van der Waals surface area (Å²) in [7, 11) is 0. The van der Waals surface area contributed by atoms with E-state index in [-0.39, 0.29) is 5.91 Å². The van der Waals surface area contributed by atoms with Gasteiger partial charge in [-0.15, -0.1) is 0 Å². The minimum absolute atomic E-state index is 0.117. The SMILES string of the molecule is CCOCCC(=O)NC(C#N)(CC)CC. The van der Waals surface area contributed by atoms with Crippen LogP contribution in [0.2, 0.25) is 0 Å². The van der Waals surface area contributed by atoms with Gasteiger partial charge in [-0.2, -0.15) is 5.26 Å². The fourth-order valence-electron chi connectivity index (χ4n) is 1.25. The van der Waals surface area contributed by atoms with Crippen molar-refractivity contribution in [2.45, 2.75) is 45.6 Å². The van der Waals surface area contributed by atoms with E-state index in [1.807, 2.05) is 20.8 Å². The number of ether oxygens (including phenoxy) is 1. The molecule has 0 aliphatic heterocycles. The van der Waals surface area contributed by atoms with Crippen LogP contribution in [-0.2, 0) is 9.53 Å². The Kier molecular flexibility index (Phi) is 6.72. The highest BCUT2D eigenvalue weighted by Gasteiger charge is 2.27. The van der Waals surface area contributed by atoms with Crippen LogP contribution < -0.4 is 5.32 Å². The summed E-state index contributed by atoms with van der Waals surface area (Å²) in [5.74, 6) is -0.117. The van der Waals surface area contributed by atoms with Gasteiger partial charge in [-0.1, -0.05) is 13.8 Å². The minimum Gasteiger partial charge on any atom is -0.381 e. The molecule has 0 heterocycles. The number of hydrogen-bond acceptors (Lipinski definition) is 3. The van der Waals surface area contributed by atoms with Gasteiger partial charge in [-0.05, 0) is 19.8 Å². The van der Waals surface area contributed by atoms with E-state index in [9.17, 15) is 4.79 Å². The molecule has 86 valence electrons. The Hall–Kier alpha value is -1.08. The predicted molar refractivity (Wildman–Crippen MR) is 58.2 cm³/mol. The highest BCUT2D eigenvalue weighted by atomic mass is 16.5. The van der Waals surface area contributed by atoms with E-state index in [1.54, 1.807) is 0 Å². The summed E-state index contributed by atoms with van der Waals surface area (Å²) in [6, 6.07) is 2.16. The zero-order valence-electron chi connectivity index (χ0n) is 9.80. The third kappa shape index (κ3) is 4.80. The summed E-state index contributed by atoms with van der Waals surface area (Å²) >= 11 is 0. The Morgan fingerprint density at radius 1 is 1.40 bits per heavy atom. The first kappa shape index (κ1) is 13.9. The average molecular weight is 212 g/mol. The van der Waals surface area contributed by atoms with E-state index in [2.05, 4.69) is 11.4 Å². The molecule has 0 aromatic rings. The number of carbonyl (C=O) groups is 1. The maximum Gasteiger partial charge on any atom is 0.223 e. The molecule has 4 nitrogen and oxygen atoms in total. The zero-order chi connectivity index (χ0) is 11.7. The highest BCUT2D eigenvalue weighted by Crippen LogP contribution is 2.13. The number of hydrogen-bond donors (Lipinski definition) is 1. The number of nitriles is 1. The van der Waals surface area contributed by atoms with Crippen LogP contribution >= 0.6 is 0 Å². The van der Waals surface area contributed by atoms with Crippen LogP contribution in [-0.4, -0.2) is 24.7 Å². The summed E-state index contributed by atoms with van der Waals surface area (Å²) in [6.07, 6.45) is 1.57. The van der Waals surface area contributed by atoms with E-state index in [4.69, 9.17) is 10.00 Å². The minimum atomic E-state index is -0.705. The smallest absolute Gasteiger partial charge is 0.223 e. The van der Waals surface area contributed by atoms with E-state index in [1.165, 1.54) is 0 Å². The molecule has 0 radical (unpaired) electrons. The Bertz CT molecular complexity index is 229. The Balaban J connectivity index is 4.08. The lowest BCUT2D eigenvalue weighted by atomic mass is 9.94. The lowest BCUT2D eigenvalue weighted by molar-refractivity contribution is -0.123. The third-order valence-electron chi connectivity index (χ3n) is 2.48. The summed E-state index contributed by atoms with van der Waals surface area (Å²) in [6.45, 7) is 6.70. The van der Waals surface area contributed by atoms with Crippen molar-refractivity contribution in [1.82, 2.24) is 5.32 Å². The monoisotopic (exact) mass is 212 g/mol. The van der Waals surface area contributed by atoms with E-state index >= 15 is 0 Å². The maximum atomic E-state index is 11.5. The molecule has 0 spiro atoms. The van der Waals surface area contributed by atoms with Gasteiger partial charge in [0.05, 0.1) is 19.1 Å². The van der Waals surface area contributed by atoms with Crippen LogP contribution in [0.15, 0.2) is 0 Å². The van der Waals surface area contributed by atoms with Gasteiger partial charge in [0, 0.05) is 6.61 Å². The quantitative estimate of drug-likeness (QED) is 0.652. The molecule has 0 rings (SSSR count). The number of carbonyl (C=O) groups excluding carboxylic acids is 1. The second kappa shape index (κ2) is 7.24. The van der Waals surface area contributed by atoms with Crippen LogP contribution in [0.25, 0.3) is 0 Å². The Morgan fingerprint density at radius 3 is 2.40 bits per heavy atom. The van der Waals surface area contributed by atoms with E-state index < -0.39 is 5.54 Å². The number of nitrogens with one attached hydrogen (secondary N) is 1. The van der Waals surface area contributed by atoms with Gasteiger partial charge in [0.2, 0.25) is 5.91 Å². The van der Waals surface area contributed by atoms with Gasteiger partial charge in [0.15, 0.2) is 0 Å². The van der Waals surface area contributed by atoms with Crippen molar-refractivity contribution >= 4 is 5.91 Å². The van der Waals surface area contributed by atoms with Crippen LogP contribution in [0.1, 0.15) is 40.0 Å². The maximum absolute atomic E-state index is 11.5. The summed E-state index contributed by atoms with van der Waals surface area (Å²) < 4.78 is 5.08. The molecule has 15 heavy (non-hydrogen) atoms.